The van der Waals surface area contributed by atoms with Crippen LogP contribution in [0.4, 0.5) is 0 Å². The molecule has 1 fully saturated rings. The van der Waals surface area contributed by atoms with Crippen LogP contribution in [0.3, 0.4) is 0 Å². The van der Waals surface area contributed by atoms with Gasteiger partial charge in [-0.25, -0.2) is 0 Å². The molecule has 1 N–H and O–H groups in total. The van der Waals surface area contributed by atoms with Gasteiger partial charge in [-0.2, -0.15) is 4.98 Å². The van der Waals surface area contributed by atoms with E-state index in [2.05, 4.69) is 20.4 Å². The molecule has 2 aromatic rings. The highest BCUT2D eigenvalue weighted by molar-refractivity contribution is 5.51. The number of pyridine rings is 1. The van der Waals surface area contributed by atoms with Crippen LogP contribution in [0.25, 0.3) is 11.6 Å². The summed E-state index contributed by atoms with van der Waals surface area (Å²) in [5.41, 5.74) is 1.83. The van der Waals surface area contributed by atoms with Crippen LogP contribution >= 0.6 is 0 Å². The van der Waals surface area contributed by atoms with Crippen molar-refractivity contribution in [3.8, 4) is 11.6 Å². The van der Waals surface area contributed by atoms with E-state index in [1.807, 2.05) is 19.1 Å². The fourth-order valence-electron chi connectivity index (χ4n) is 2.50. The van der Waals surface area contributed by atoms with Crippen LogP contribution in [0.2, 0.25) is 0 Å². The normalized spacial score (nSPS) is 19.5. The summed E-state index contributed by atoms with van der Waals surface area (Å²) < 4.78 is 5.33. The van der Waals surface area contributed by atoms with Crippen LogP contribution in [0.15, 0.2) is 22.9 Å². The van der Waals surface area contributed by atoms with Crippen molar-refractivity contribution in [2.24, 2.45) is 5.92 Å². The maximum Gasteiger partial charge on any atom is 0.276 e. The minimum absolute atomic E-state index is 0.525. The van der Waals surface area contributed by atoms with Gasteiger partial charge in [0.2, 0.25) is 0 Å². The van der Waals surface area contributed by atoms with Gasteiger partial charge < -0.3 is 9.84 Å². The van der Waals surface area contributed by atoms with Gasteiger partial charge >= 0.3 is 0 Å². The maximum atomic E-state index is 5.33. The molecule has 0 amide bonds. The molecule has 0 aromatic carbocycles. The number of rotatable bonds is 3. The van der Waals surface area contributed by atoms with Crippen molar-refractivity contribution in [3.05, 3.63) is 29.7 Å². The van der Waals surface area contributed by atoms with Crippen LogP contribution in [0, 0.1) is 12.8 Å². The van der Waals surface area contributed by atoms with Crippen molar-refractivity contribution in [1.82, 2.24) is 20.4 Å². The highest BCUT2D eigenvalue weighted by atomic mass is 16.5. The largest absolute Gasteiger partial charge is 0.332 e. The van der Waals surface area contributed by atoms with Crippen LogP contribution in [0.5, 0.6) is 0 Å². The molecule has 3 rings (SSSR count). The number of aromatic nitrogens is 3. The first kappa shape index (κ1) is 12.3. The van der Waals surface area contributed by atoms with E-state index in [9.17, 15) is 0 Å². The molecule has 1 atom stereocenters. The molecule has 5 heteroatoms. The molecule has 0 spiro atoms. The molecule has 5 nitrogen and oxygen atoms in total. The van der Waals surface area contributed by atoms with Gasteiger partial charge in [0.1, 0.15) is 5.69 Å². The third-order valence-corrected chi connectivity index (χ3v) is 3.55. The Morgan fingerprint density at radius 3 is 3.21 bits per heavy atom. The molecule has 0 bridgehead atoms. The van der Waals surface area contributed by atoms with Gasteiger partial charge in [0.05, 0.1) is 0 Å². The average molecular weight is 258 g/mol. The summed E-state index contributed by atoms with van der Waals surface area (Å²) in [6.45, 7) is 4.17. The SMILES string of the molecule is Cc1cccnc1-c1nc(CC2CCCNC2)no1. The second-order valence-corrected chi connectivity index (χ2v) is 5.10. The second-order valence-electron chi connectivity index (χ2n) is 5.10. The fraction of sp³-hybridized carbons (Fsp3) is 0.500. The summed E-state index contributed by atoms with van der Waals surface area (Å²) >= 11 is 0. The van der Waals surface area contributed by atoms with E-state index < -0.39 is 0 Å². The first-order valence-electron chi connectivity index (χ1n) is 6.78. The summed E-state index contributed by atoms with van der Waals surface area (Å²) in [6.07, 6.45) is 5.09. The minimum atomic E-state index is 0.525. The lowest BCUT2D eigenvalue weighted by molar-refractivity contribution is 0.359. The van der Waals surface area contributed by atoms with Crippen molar-refractivity contribution in [3.63, 3.8) is 0 Å². The molecule has 19 heavy (non-hydrogen) atoms. The summed E-state index contributed by atoms with van der Waals surface area (Å²) in [6, 6.07) is 3.90. The standard InChI is InChI=1S/C14H18N4O/c1-10-4-2-7-16-13(10)14-17-12(18-19-14)8-11-5-3-6-15-9-11/h2,4,7,11,15H,3,5-6,8-9H2,1H3. The summed E-state index contributed by atoms with van der Waals surface area (Å²) in [5.74, 6) is 1.93. The molecule has 1 aliphatic heterocycles. The first-order chi connectivity index (χ1) is 9.33. The van der Waals surface area contributed by atoms with Gasteiger partial charge in [-0.05, 0) is 50.4 Å². The Morgan fingerprint density at radius 1 is 1.47 bits per heavy atom. The van der Waals surface area contributed by atoms with Crippen LogP contribution in [-0.2, 0) is 6.42 Å². The first-order valence-corrected chi connectivity index (χ1v) is 6.78. The van der Waals surface area contributed by atoms with E-state index in [-0.39, 0.29) is 0 Å². The zero-order valence-corrected chi connectivity index (χ0v) is 11.1. The van der Waals surface area contributed by atoms with Crippen molar-refractivity contribution < 1.29 is 4.52 Å². The van der Waals surface area contributed by atoms with Crippen molar-refractivity contribution in [1.29, 1.82) is 0 Å². The third kappa shape index (κ3) is 2.81. The lowest BCUT2D eigenvalue weighted by Crippen LogP contribution is -2.31. The fourth-order valence-corrected chi connectivity index (χ4v) is 2.50. The molecule has 3 heterocycles. The van der Waals surface area contributed by atoms with Gasteiger partial charge in [0.25, 0.3) is 5.89 Å². The Hall–Kier alpha value is -1.75. The second kappa shape index (κ2) is 5.48. The molecule has 100 valence electrons. The third-order valence-electron chi connectivity index (χ3n) is 3.55. The Kier molecular flexibility index (Phi) is 3.55. The molecule has 1 unspecified atom stereocenters. The number of hydrogen-bond donors (Lipinski definition) is 1. The summed E-state index contributed by atoms with van der Waals surface area (Å²) in [7, 11) is 0. The van der Waals surface area contributed by atoms with E-state index in [0.717, 1.165) is 36.6 Å². The zero-order chi connectivity index (χ0) is 13.1. The molecule has 0 radical (unpaired) electrons. The Labute approximate surface area is 112 Å². The quantitative estimate of drug-likeness (QED) is 0.912. The van der Waals surface area contributed by atoms with E-state index >= 15 is 0 Å². The number of piperidine rings is 1. The zero-order valence-electron chi connectivity index (χ0n) is 11.1. The van der Waals surface area contributed by atoms with Crippen LogP contribution in [-0.4, -0.2) is 28.2 Å². The number of aryl methyl sites for hydroxylation is 1. The van der Waals surface area contributed by atoms with E-state index in [0.29, 0.717) is 11.8 Å². The van der Waals surface area contributed by atoms with Crippen LogP contribution in [0.1, 0.15) is 24.2 Å². The Balaban J connectivity index is 1.74. The van der Waals surface area contributed by atoms with Crippen molar-refractivity contribution in [2.45, 2.75) is 26.2 Å². The topological polar surface area (TPSA) is 63.8 Å². The number of nitrogens with zero attached hydrogens (tertiary/aromatic N) is 3. The molecular weight excluding hydrogens is 240 g/mol. The summed E-state index contributed by atoms with van der Waals surface area (Å²) in [4.78, 5) is 8.77. The van der Waals surface area contributed by atoms with E-state index in [4.69, 9.17) is 4.52 Å². The van der Waals surface area contributed by atoms with E-state index in [1.54, 1.807) is 6.20 Å². The lowest BCUT2D eigenvalue weighted by atomic mass is 9.96. The van der Waals surface area contributed by atoms with E-state index in [1.165, 1.54) is 12.8 Å². The molecule has 1 saturated heterocycles. The van der Waals surface area contributed by atoms with Crippen molar-refractivity contribution >= 4 is 0 Å². The number of nitrogens with one attached hydrogen (secondary N) is 1. The van der Waals surface area contributed by atoms with Gasteiger partial charge in [-0.1, -0.05) is 11.2 Å². The molecule has 0 saturated carbocycles. The smallest absolute Gasteiger partial charge is 0.276 e. The van der Waals surface area contributed by atoms with Gasteiger partial charge in [0.15, 0.2) is 5.82 Å². The van der Waals surface area contributed by atoms with Gasteiger partial charge in [-0.3, -0.25) is 4.98 Å². The van der Waals surface area contributed by atoms with Crippen LogP contribution < -0.4 is 5.32 Å². The molecule has 2 aromatic heterocycles. The average Bonchev–Trinajstić information content (AvgIpc) is 2.89. The van der Waals surface area contributed by atoms with Gasteiger partial charge in [-0.15, -0.1) is 0 Å². The highest BCUT2D eigenvalue weighted by Crippen LogP contribution is 2.20. The molecular formula is C14H18N4O. The van der Waals surface area contributed by atoms with Gasteiger partial charge in [0, 0.05) is 12.6 Å². The highest BCUT2D eigenvalue weighted by Gasteiger charge is 2.18. The maximum absolute atomic E-state index is 5.33. The number of hydrogen-bond acceptors (Lipinski definition) is 5. The monoisotopic (exact) mass is 258 g/mol. The molecule has 1 aliphatic rings. The Morgan fingerprint density at radius 2 is 2.42 bits per heavy atom. The molecule has 0 aliphatic carbocycles. The summed E-state index contributed by atoms with van der Waals surface area (Å²) in [5, 5.41) is 7.48. The minimum Gasteiger partial charge on any atom is -0.332 e. The van der Waals surface area contributed by atoms with Crippen molar-refractivity contribution in [2.75, 3.05) is 13.1 Å². The predicted molar refractivity (Wildman–Crippen MR) is 71.6 cm³/mol. The Bertz CT molecular complexity index is 546. The predicted octanol–water partition coefficient (Wildman–Crippen LogP) is 1.98. The lowest BCUT2D eigenvalue weighted by Gasteiger charge is -2.20.